The predicted molar refractivity (Wildman–Crippen MR) is 111 cm³/mol. The zero-order valence-corrected chi connectivity index (χ0v) is 16.6. The van der Waals surface area contributed by atoms with E-state index in [0.717, 1.165) is 37.9 Å². The largest absolute Gasteiger partial charge is 0.332 e. The topological polar surface area (TPSA) is 72.7 Å². The fourth-order valence-electron chi connectivity index (χ4n) is 4.60. The molecule has 1 N–H and O–H groups in total. The molecule has 0 unspecified atom stereocenters. The van der Waals surface area contributed by atoms with Gasteiger partial charge in [-0.25, -0.2) is 9.78 Å². The van der Waals surface area contributed by atoms with Gasteiger partial charge in [-0.2, -0.15) is 0 Å². The maximum absolute atomic E-state index is 12.9. The quantitative estimate of drug-likeness (QED) is 0.708. The molecule has 1 aliphatic carbocycles. The summed E-state index contributed by atoms with van der Waals surface area (Å²) in [6.07, 6.45) is 4.86. The number of rotatable bonds is 6. The second kappa shape index (κ2) is 7.78. The van der Waals surface area contributed by atoms with Crippen molar-refractivity contribution in [3.8, 4) is 0 Å². The van der Waals surface area contributed by atoms with Gasteiger partial charge in [0.1, 0.15) is 11.5 Å². The maximum atomic E-state index is 12.9. The van der Waals surface area contributed by atoms with Crippen molar-refractivity contribution in [2.75, 3.05) is 0 Å². The summed E-state index contributed by atoms with van der Waals surface area (Å²) in [5.41, 5.74) is 1.79. The Labute approximate surface area is 164 Å². The van der Waals surface area contributed by atoms with E-state index in [4.69, 9.17) is 4.98 Å². The number of nitrogens with zero attached hydrogens (tertiary/aromatic N) is 3. The van der Waals surface area contributed by atoms with Gasteiger partial charge in [-0.15, -0.1) is 0 Å². The van der Waals surface area contributed by atoms with Crippen LogP contribution < -0.4 is 11.2 Å². The van der Waals surface area contributed by atoms with Gasteiger partial charge in [-0.1, -0.05) is 50.6 Å². The molecule has 4 rings (SSSR count). The summed E-state index contributed by atoms with van der Waals surface area (Å²) in [5, 5.41) is 0. The predicted octanol–water partition coefficient (Wildman–Crippen LogP) is 3.76. The van der Waals surface area contributed by atoms with Crippen LogP contribution in [0.5, 0.6) is 0 Å². The van der Waals surface area contributed by atoms with Crippen LogP contribution in [0.25, 0.3) is 11.2 Å². The lowest BCUT2D eigenvalue weighted by Crippen LogP contribution is -2.40. The van der Waals surface area contributed by atoms with Gasteiger partial charge in [0.05, 0.1) is 0 Å². The van der Waals surface area contributed by atoms with Crippen LogP contribution >= 0.6 is 0 Å². The minimum absolute atomic E-state index is 0.234. The van der Waals surface area contributed by atoms with E-state index in [2.05, 4.69) is 29.2 Å². The lowest BCUT2D eigenvalue weighted by Gasteiger charge is -2.18. The zero-order valence-electron chi connectivity index (χ0n) is 16.6. The number of aromatic amines is 1. The number of aromatic nitrogens is 4. The molecule has 6 heteroatoms. The normalized spacial score (nSPS) is 19.5. The van der Waals surface area contributed by atoms with Gasteiger partial charge >= 0.3 is 5.69 Å². The molecule has 0 radical (unpaired) electrons. The molecule has 0 bridgehead atoms. The highest BCUT2D eigenvalue weighted by molar-refractivity contribution is 5.70. The van der Waals surface area contributed by atoms with Crippen LogP contribution in [0.3, 0.4) is 0 Å². The molecular weight excluding hydrogens is 352 g/mol. The molecule has 28 heavy (non-hydrogen) atoms. The highest BCUT2D eigenvalue weighted by Crippen LogP contribution is 2.45. The monoisotopic (exact) mass is 380 g/mol. The number of aryl methyl sites for hydroxylation is 1. The van der Waals surface area contributed by atoms with E-state index in [1.807, 2.05) is 19.9 Å². The van der Waals surface area contributed by atoms with E-state index >= 15 is 0 Å². The summed E-state index contributed by atoms with van der Waals surface area (Å²) < 4.78 is 3.03. The lowest BCUT2D eigenvalue weighted by atomic mass is 9.88. The molecule has 3 aromatic rings. The van der Waals surface area contributed by atoms with Crippen molar-refractivity contribution >= 4 is 11.2 Å². The van der Waals surface area contributed by atoms with Crippen molar-refractivity contribution < 1.29 is 0 Å². The second-order valence-corrected chi connectivity index (χ2v) is 7.76. The van der Waals surface area contributed by atoms with E-state index in [1.54, 1.807) is 4.57 Å². The summed E-state index contributed by atoms with van der Waals surface area (Å²) in [4.78, 5) is 33.9. The summed E-state index contributed by atoms with van der Waals surface area (Å²) >= 11 is 0. The van der Waals surface area contributed by atoms with E-state index in [9.17, 15) is 9.59 Å². The number of H-pyrrole nitrogens is 1. The smallest absolute Gasteiger partial charge is 0.327 e. The molecule has 2 aromatic heterocycles. The molecule has 0 spiro atoms. The Morgan fingerprint density at radius 1 is 1.00 bits per heavy atom. The zero-order chi connectivity index (χ0) is 19.7. The van der Waals surface area contributed by atoms with Gasteiger partial charge in [0.2, 0.25) is 0 Å². The number of benzene rings is 1. The van der Waals surface area contributed by atoms with Crippen LogP contribution in [-0.2, 0) is 13.1 Å². The molecule has 1 saturated carbocycles. The minimum atomic E-state index is -0.272. The van der Waals surface area contributed by atoms with Gasteiger partial charge in [0.15, 0.2) is 5.52 Å². The van der Waals surface area contributed by atoms with Crippen molar-refractivity contribution in [1.29, 1.82) is 0 Å². The molecule has 1 aromatic carbocycles. The molecule has 0 amide bonds. The van der Waals surface area contributed by atoms with Crippen LogP contribution in [0.15, 0.2) is 39.9 Å². The van der Waals surface area contributed by atoms with E-state index in [-0.39, 0.29) is 17.2 Å². The molecule has 0 aliphatic heterocycles. The van der Waals surface area contributed by atoms with Gasteiger partial charge in [-0.3, -0.25) is 13.9 Å². The highest BCUT2D eigenvalue weighted by Gasteiger charge is 2.32. The summed E-state index contributed by atoms with van der Waals surface area (Å²) in [5.74, 6) is 1.49. The summed E-state index contributed by atoms with van der Waals surface area (Å²) in [6, 6.07) is 10.5. The van der Waals surface area contributed by atoms with E-state index in [1.165, 1.54) is 10.1 Å². The first-order valence-electron chi connectivity index (χ1n) is 10.4. The van der Waals surface area contributed by atoms with Crippen LogP contribution in [-0.4, -0.2) is 19.1 Å². The Balaban J connectivity index is 1.85. The highest BCUT2D eigenvalue weighted by atomic mass is 16.2. The Hall–Kier alpha value is -2.63. The first-order chi connectivity index (χ1) is 13.7. The van der Waals surface area contributed by atoms with Gasteiger partial charge < -0.3 is 4.98 Å². The molecule has 148 valence electrons. The van der Waals surface area contributed by atoms with Crippen molar-refractivity contribution in [3.63, 3.8) is 0 Å². The van der Waals surface area contributed by atoms with Gasteiger partial charge in [-0.05, 0) is 37.2 Å². The summed E-state index contributed by atoms with van der Waals surface area (Å²) in [6.45, 7) is 5.01. The van der Waals surface area contributed by atoms with Crippen molar-refractivity contribution in [3.05, 3.63) is 62.6 Å². The average Bonchev–Trinajstić information content (AvgIpc) is 3.36. The van der Waals surface area contributed by atoms with Crippen LogP contribution in [0.4, 0.5) is 0 Å². The van der Waals surface area contributed by atoms with E-state index in [0.29, 0.717) is 30.2 Å². The standard InChI is InChI=1S/C22H28N4O2/c1-3-13-25-20-18(21(27)26(14-4-2)22(25)28)23-19(24-20)17-12-8-11-16(17)15-9-6-5-7-10-15/h5-7,9-10,16-17H,3-4,8,11-14H2,1-2H3,(H,23,24)/t16-,17+/m0/s1. The van der Waals surface area contributed by atoms with Crippen LogP contribution in [0.2, 0.25) is 0 Å². The number of fused-ring (bicyclic) bond motifs is 1. The molecular formula is C22H28N4O2. The Morgan fingerprint density at radius 3 is 2.39 bits per heavy atom. The average molecular weight is 380 g/mol. The molecule has 2 atom stereocenters. The molecule has 2 heterocycles. The number of hydrogen-bond acceptors (Lipinski definition) is 3. The summed E-state index contributed by atoms with van der Waals surface area (Å²) in [7, 11) is 0. The molecule has 1 fully saturated rings. The molecule has 1 aliphatic rings. The minimum Gasteiger partial charge on any atom is -0.327 e. The lowest BCUT2D eigenvalue weighted by molar-refractivity contribution is 0.555. The third kappa shape index (κ3) is 3.11. The fourth-order valence-corrected chi connectivity index (χ4v) is 4.60. The van der Waals surface area contributed by atoms with Crippen LogP contribution in [0.1, 0.15) is 69.2 Å². The maximum Gasteiger partial charge on any atom is 0.332 e. The van der Waals surface area contributed by atoms with Crippen molar-refractivity contribution in [2.45, 2.75) is 70.9 Å². The molecule has 6 nitrogen and oxygen atoms in total. The SMILES string of the molecule is CCCn1c(=O)c2nc([C@@H]3CCC[C@H]3c3ccccc3)[nH]c2n(CCC)c1=O. The van der Waals surface area contributed by atoms with Crippen LogP contribution in [0, 0.1) is 0 Å². The Morgan fingerprint density at radius 2 is 1.68 bits per heavy atom. The number of hydrogen-bond donors (Lipinski definition) is 1. The fraction of sp³-hybridized carbons (Fsp3) is 0.500. The van der Waals surface area contributed by atoms with Crippen molar-refractivity contribution in [2.24, 2.45) is 0 Å². The Bertz CT molecular complexity index is 1080. The van der Waals surface area contributed by atoms with E-state index < -0.39 is 0 Å². The third-order valence-corrected chi connectivity index (χ3v) is 5.87. The molecule has 0 saturated heterocycles. The third-order valence-electron chi connectivity index (χ3n) is 5.87. The number of nitrogens with one attached hydrogen (secondary N) is 1. The Kier molecular flexibility index (Phi) is 5.20. The van der Waals surface area contributed by atoms with Crippen molar-refractivity contribution in [1.82, 2.24) is 19.1 Å². The van der Waals surface area contributed by atoms with Gasteiger partial charge in [0, 0.05) is 19.0 Å². The first kappa shape index (κ1) is 18.7. The number of imidazole rings is 1. The first-order valence-corrected chi connectivity index (χ1v) is 10.4. The second-order valence-electron chi connectivity index (χ2n) is 7.76. The van der Waals surface area contributed by atoms with Gasteiger partial charge in [0.25, 0.3) is 5.56 Å².